The molecule has 0 spiro atoms. The van der Waals surface area contributed by atoms with Crippen LogP contribution in [0.25, 0.3) is 0 Å². The monoisotopic (exact) mass is 343 g/mol. The highest BCUT2D eigenvalue weighted by molar-refractivity contribution is 7.87. The van der Waals surface area contributed by atoms with E-state index < -0.39 is 10.2 Å². The molecule has 1 saturated carbocycles. The molecule has 7 heteroatoms. The average Bonchev–Trinajstić information content (AvgIpc) is 3.10. The minimum Gasteiger partial charge on any atom is -0.342 e. The van der Waals surface area contributed by atoms with Crippen LogP contribution in [-0.2, 0) is 15.0 Å². The maximum atomic E-state index is 12.4. The lowest BCUT2D eigenvalue weighted by molar-refractivity contribution is -0.136. The number of hydrogen-bond donors (Lipinski definition) is 1. The van der Waals surface area contributed by atoms with Crippen LogP contribution in [0.2, 0.25) is 0 Å². The largest absolute Gasteiger partial charge is 0.342 e. The molecule has 1 N–H and O–H groups in total. The van der Waals surface area contributed by atoms with E-state index in [1.807, 2.05) is 4.90 Å². The summed E-state index contributed by atoms with van der Waals surface area (Å²) in [6.45, 7) is 2.63. The first-order valence-electron chi connectivity index (χ1n) is 9.12. The first kappa shape index (κ1) is 17.2. The molecule has 1 aliphatic carbocycles. The summed E-state index contributed by atoms with van der Waals surface area (Å²) in [6.07, 6.45) is 8.88. The molecule has 0 aromatic rings. The van der Waals surface area contributed by atoms with Gasteiger partial charge in [0.15, 0.2) is 0 Å². The Kier molecular flexibility index (Phi) is 5.59. The Bertz CT molecular complexity index is 503. The molecule has 3 fully saturated rings. The van der Waals surface area contributed by atoms with Gasteiger partial charge in [0.25, 0.3) is 10.2 Å². The Morgan fingerprint density at radius 1 is 0.826 bits per heavy atom. The molecule has 0 aromatic carbocycles. The number of rotatable bonds is 4. The van der Waals surface area contributed by atoms with Crippen molar-refractivity contribution < 1.29 is 13.2 Å². The zero-order chi connectivity index (χ0) is 16.3. The average molecular weight is 343 g/mol. The van der Waals surface area contributed by atoms with Gasteiger partial charge in [-0.3, -0.25) is 4.79 Å². The maximum absolute atomic E-state index is 12.4. The van der Waals surface area contributed by atoms with Gasteiger partial charge in [-0.15, -0.1) is 0 Å². The topological polar surface area (TPSA) is 69.7 Å². The zero-order valence-electron chi connectivity index (χ0n) is 13.9. The maximum Gasteiger partial charge on any atom is 0.279 e. The Labute approximate surface area is 139 Å². The molecule has 2 heterocycles. The van der Waals surface area contributed by atoms with Gasteiger partial charge in [0.05, 0.1) is 0 Å². The lowest BCUT2D eigenvalue weighted by Crippen LogP contribution is -2.51. The number of amides is 1. The van der Waals surface area contributed by atoms with E-state index >= 15 is 0 Å². The number of hydrogen-bond acceptors (Lipinski definition) is 3. The molecule has 0 atom stereocenters. The molecule has 2 aliphatic heterocycles. The van der Waals surface area contributed by atoms with Crippen molar-refractivity contribution in [2.45, 2.75) is 63.8 Å². The van der Waals surface area contributed by atoms with E-state index in [9.17, 15) is 13.2 Å². The Balaban J connectivity index is 1.47. The third-order valence-electron chi connectivity index (χ3n) is 5.48. The van der Waals surface area contributed by atoms with E-state index in [1.54, 1.807) is 4.31 Å². The summed E-state index contributed by atoms with van der Waals surface area (Å²) < 4.78 is 29.3. The Morgan fingerprint density at radius 3 is 2.04 bits per heavy atom. The van der Waals surface area contributed by atoms with E-state index in [-0.39, 0.29) is 12.0 Å². The van der Waals surface area contributed by atoms with Crippen LogP contribution in [0.4, 0.5) is 0 Å². The second-order valence-electron chi connectivity index (χ2n) is 7.16. The SMILES string of the molecule is O=C(C1CCCC1)N1CCC(NS(=O)(=O)N2CCCCC2)CC1. The van der Waals surface area contributed by atoms with Gasteiger partial charge in [-0.25, -0.2) is 0 Å². The van der Waals surface area contributed by atoms with Gasteiger partial charge in [-0.1, -0.05) is 19.3 Å². The molecular formula is C16H29N3O3S. The van der Waals surface area contributed by atoms with E-state index in [2.05, 4.69) is 4.72 Å². The van der Waals surface area contributed by atoms with Crippen LogP contribution in [-0.4, -0.2) is 55.8 Å². The van der Waals surface area contributed by atoms with Gasteiger partial charge in [0.1, 0.15) is 0 Å². The number of piperidine rings is 2. The van der Waals surface area contributed by atoms with Gasteiger partial charge in [0, 0.05) is 38.1 Å². The quantitative estimate of drug-likeness (QED) is 0.841. The molecular weight excluding hydrogens is 314 g/mol. The second-order valence-corrected chi connectivity index (χ2v) is 8.87. The lowest BCUT2D eigenvalue weighted by Gasteiger charge is -2.35. The van der Waals surface area contributed by atoms with Crippen molar-refractivity contribution >= 4 is 16.1 Å². The van der Waals surface area contributed by atoms with Gasteiger partial charge in [-0.05, 0) is 38.5 Å². The van der Waals surface area contributed by atoms with Crippen LogP contribution >= 0.6 is 0 Å². The summed E-state index contributed by atoms with van der Waals surface area (Å²) in [5.41, 5.74) is 0. The van der Waals surface area contributed by atoms with Crippen LogP contribution in [0.5, 0.6) is 0 Å². The lowest BCUT2D eigenvalue weighted by atomic mass is 10.0. The van der Waals surface area contributed by atoms with Crippen LogP contribution < -0.4 is 4.72 Å². The molecule has 0 bridgehead atoms. The molecule has 2 saturated heterocycles. The van der Waals surface area contributed by atoms with E-state index in [1.165, 1.54) is 12.8 Å². The van der Waals surface area contributed by atoms with Crippen molar-refractivity contribution in [3.63, 3.8) is 0 Å². The number of nitrogens with one attached hydrogen (secondary N) is 1. The molecule has 132 valence electrons. The fourth-order valence-corrected chi connectivity index (χ4v) is 5.58. The summed E-state index contributed by atoms with van der Waals surface area (Å²) in [4.78, 5) is 14.4. The standard InChI is InChI=1S/C16H29N3O3S/c20-16(14-6-2-3-7-14)18-12-8-15(9-13-18)17-23(21,22)19-10-4-1-5-11-19/h14-15,17H,1-13H2. The third-order valence-corrected chi connectivity index (χ3v) is 7.16. The van der Waals surface area contributed by atoms with Gasteiger partial charge in [0.2, 0.25) is 5.91 Å². The molecule has 0 unspecified atom stereocenters. The smallest absolute Gasteiger partial charge is 0.279 e. The van der Waals surface area contributed by atoms with E-state index in [0.717, 1.165) is 44.9 Å². The molecule has 23 heavy (non-hydrogen) atoms. The van der Waals surface area contributed by atoms with Crippen LogP contribution in [0, 0.1) is 5.92 Å². The summed E-state index contributed by atoms with van der Waals surface area (Å²) >= 11 is 0. The number of likely N-dealkylation sites (tertiary alicyclic amines) is 1. The predicted octanol–water partition coefficient (Wildman–Crippen LogP) is 1.49. The fourth-order valence-electron chi connectivity index (χ4n) is 4.04. The highest BCUT2D eigenvalue weighted by Gasteiger charge is 2.32. The molecule has 3 aliphatic rings. The van der Waals surface area contributed by atoms with Crippen LogP contribution in [0.1, 0.15) is 57.8 Å². The molecule has 1 amide bonds. The van der Waals surface area contributed by atoms with Crippen molar-refractivity contribution in [3.8, 4) is 0 Å². The number of nitrogens with zero attached hydrogens (tertiary/aromatic N) is 2. The highest BCUT2D eigenvalue weighted by Crippen LogP contribution is 2.27. The third kappa shape index (κ3) is 4.25. The van der Waals surface area contributed by atoms with Crippen molar-refractivity contribution in [3.05, 3.63) is 0 Å². The molecule has 6 nitrogen and oxygen atoms in total. The molecule has 0 aromatic heterocycles. The van der Waals surface area contributed by atoms with Crippen molar-refractivity contribution in [2.24, 2.45) is 5.92 Å². The van der Waals surface area contributed by atoms with Crippen molar-refractivity contribution in [1.29, 1.82) is 0 Å². The van der Waals surface area contributed by atoms with E-state index in [0.29, 0.717) is 32.1 Å². The highest BCUT2D eigenvalue weighted by atomic mass is 32.2. The summed E-state index contributed by atoms with van der Waals surface area (Å²) in [7, 11) is -3.36. The number of carbonyl (C=O) groups is 1. The first-order valence-corrected chi connectivity index (χ1v) is 10.6. The van der Waals surface area contributed by atoms with Crippen LogP contribution in [0.3, 0.4) is 0 Å². The zero-order valence-corrected chi connectivity index (χ0v) is 14.7. The molecule has 3 rings (SSSR count). The van der Waals surface area contributed by atoms with Gasteiger partial charge < -0.3 is 4.90 Å². The Hall–Kier alpha value is -0.660. The number of carbonyl (C=O) groups excluding carboxylic acids is 1. The Morgan fingerprint density at radius 2 is 1.43 bits per heavy atom. The minimum atomic E-state index is -3.36. The predicted molar refractivity (Wildman–Crippen MR) is 89.0 cm³/mol. The van der Waals surface area contributed by atoms with Crippen LogP contribution in [0.15, 0.2) is 0 Å². The first-order chi connectivity index (χ1) is 11.1. The van der Waals surface area contributed by atoms with Crippen molar-refractivity contribution in [2.75, 3.05) is 26.2 Å². The normalized spacial score (nSPS) is 25.8. The molecule has 0 radical (unpaired) electrons. The minimum absolute atomic E-state index is 0.0328. The summed E-state index contributed by atoms with van der Waals surface area (Å²) in [6, 6.07) is -0.0328. The fraction of sp³-hybridized carbons (Fsp3) is 0.938. The summed E-state index contributed by atoms with van der Waals surface area (Å²) in [5, 5.41) is 0. The van der Waals surface area contributed by atoms with Gasteiger partial charge in [-0.2, -0.15) is 17.4 Å². The van der Waals surface area contributed by atoms with E-state index in [4.69, 9.17) is 0 Å². The second kappa shape index (κ2) is 7.49. The van der Waals surface area contributed by atoms with Crippen molar-refractivity contribution in [1.82, 2.24) is 13.9 Å². The summed E-state index contributed by atoms with van der Waals surface area (Å²) in [5.74, 6) is 0.511. The van der Waals surface area contributed by atoms with Gasteiger partial charge >= 0.3 is 0 Å².